The van der Waals surface area contributed by atoms with Crippen molar-refractivity contribution in [2.75, 3.05) is 14.1 Å². The average Bonchev–Trinajstić information content (AvgIpc) is 1.99. The van der Waals surface area contributed by atoms with E-state index >= 15 is 0 Å². The maximum atomic E-state index is 8.79. The van der Waals surface area contributed by atoms with E-state index in [-0.39, 0.29) is 5.41 Å². The van der Waals surface area contributed by atoms with Gasteiger partial charge in [0, 0.05) is 20.5 Å². The molecule has 0 radical (unpaired) electrons. The van der Waals surface area contributed by atoms with Crippen LogP contribution in [-0.2, 0) is 0 Å². The zero-order valence-corrected chi connectivity index (χ0v) is 8.63. The van der Waals surface area contributed by atoms with E-state index < -0.39 is 0 Å². The molecule has 0 aromatic rings. The number of rotatable bonds is 3. The van der Waals surface area contributed by atoms with Crippen molar-refractivity contribution >= 4 is 0 Å². The Labute approximate surface area is 79.9 Å². The predicted octanol–water partition coefficient (Wildman–Crippen LogP) is 1.90. The highest BCUT2D eigenvalue weighted by atomic mass is 15.1. The van der Waals surface area contributed by atoms with E-state index in [1.165, 1.54) is 0 Å². The van der Waals surface area contributed by atoms with Gasteiger partial charge in [-0.05, 0) is 11.5 Å². The van der Waals surface area contributed by atoms with Crippen LogP contribution in [0.5, 0.6) is 0 Å². The summed E-state index contributed by atoms with van der Waals surface area (Å²) in [6, 6.07) is 4.20. The zero-order valence-electron chi connectivity index (χ0n) is 8.63. The lowest BCUT2D eigenvalue weighted by Crippen LogP contribution is -2.15. The first-order valence-corrected chi connectivity index (χ1v) is 4.10. The van der Waals surface area contributed by atoms with Gasteiger partial charge in [-0.15, -0.1) is 0 Å². The molecule has 0 rings (SSSR count). The molecular formula is C10H15N3. The highest BCUT2D eigenvalue weighted by Gasteiger charge is 2.16. The summed E-state index contributed by atoms with van der Waals surface area (Å²) in [4.78, 5) is 1.75. The van der Waals surface area contributed by atoms with Crippen molar-refractivity contribution in [3.63, 3.8) is 0 Å². The zero-order chi connectivity index (χ0) is 10.5. The molecule has 0 amide bonds. The Morgan fingerprint density at radius 2 is 1.92 bits per heavy atom. The second kappa shape index (κ2) is 4.52. The normalized spacial score (nSPS) is 11.7. The summed E-state index contributed by atoms with van der Waals surface area (Å²) in [6.45, 7) is 3.88. The Balaban J connectivity index is 4.72. The molecule has 0 aliphatic rings. The number of allylic oxidation sites excluding steroid dienone is 2. The van der Waals surface area contributed by atoms with Crippen molar-refractivity contribution in [2.45, 2.75) is 20.3 Å². The second-order valence-electron chi connectivity index (χ2n) is 3.86. The fourth-order valence-electron chi connectivity index (χ4n) is 0.886. The molecular weight excluding hydrogens is 162 g/mol. The van der Waals surface area contributed by atoms with Gasteiger partial charge in [-0.2, -0.15) is 10.5 Å². The van der Waals surface area contributed by atoms with Crippen molar-refractivity contribution in [3.05, 3.63) is 11.8 Å². The number of hydrogen-bond donors (Lipinski definition) is 0. The molecule has 70 valence electrons. The van der Waals surface area contributed by atoms with E-state index in [9.17, 15) is 0 Å². The van der Waals surface area contributed by atoms with Crippen LogP contribution in [0.3, 0.4) is 0 Å². The van der Waals surface area contributed by atoms with Gasteiger partial charge in [0.15, 0.2) is 0 Å². The molecule has 0 saturated heterocycles. The minimum atomic E-state index is -0.232. The molecule has 0 aromatic heterocycles. The van der Waals surface area contributed by atoms with Gasteiger partial charge in [0.25, 0.3) is 0 Å². The van der Waals surface area contributed by atoms with E-state index in [1.54, 1.807) is 4.90 Å². The maximum Gasteiger partial charge on any atom is 0.117 e. The van der Waals surface area contributed by atoms with E-state index in [0.29, 0.717) is 12.1 Å². The Hall–Kier alpha value is -1.48. The minimum Gasteiger partial charge on any atom is -0.369 e. The maximum absolute atomic E-state index is 8.79. The quantitative estimate of drug-likeness (QED) is 0.618. The van der Waals surface area contributed by atoms with Crippen LogP contribution in [0.25, 0.3) is 0 Å². The lowest BCUT2D eigenvalue weighted by atomic mass is 9.89. The van der Waals surface area contributed by atoms with Crippen LogP contribution in [0.4, 0.5) is 0 Å². The first-order valence-electron chi connectivity index (χ1n) is 4.10. The first kappa shape index (κ1) is 11.5. The Bertz CT molecular complexity index is 274. The van der Waals surface area contributed by atoms with Crippen LogP contribution in [0, 0.1) is 28.1 Å². The van der Waals surface area contributed by atoms with Gasteiger partial charge in [0.05, 0.1) is 6.07 Å². The van der Waals surface area contributed by atoms with E-state index in [1.807, 2.05) is 34.0 Å². The van der Waals surface area contributed by atoms with Crippen LogP contribution in [0.1, 0.15) is 20.3 Å². The van der Waals surface area contributed by atoms with Gasteiger partial charge in [0.2, 0.25) is 0 Å². The van der Waals surface area contributed by atoms with Crippen molar-refractivity contribution in [1.29, 1.82) is 10.5 Å². The standard InChI is InChI=1S/C10H15N3/c1-10(2,5-6-11)7-9(8-12)13(3)4/h7H,5H2,1-4H3/b9-7+. The molecule has 0 fully saturated rings. The SMILES string of the molecule is CN(C)/C(C#N)=C/C(C)(C)CC#N. The van der Waals surface area contributed by atoms with Crippen LogP contribution in [0.2, 0.25) is 0 Å². The summed E-state index contributed by atoms with van der Waals surface area (Å²) in [5, 5.41) is 17.3. The first-order chi connectivity index (χ1) is 5.93. The van der Waals surface area contributed by atoms with E-state index in [2.05, 4.69) is 12.1 Å². The third kappa shape index (κ3) is 4.18. The molecule has 0 unspecified atom stereocenters. The summed E-state index contributed by atoms with van der Waals surface area (Å²) in [5.41, 5.74) is 0.365. The smallest absolute Gasteiger partial charge is 0.117 e. The molecule has 0 N–H and O–H groups in total. The van der Waals surface area contributed by atoms with Gasteiger partial charge >= 0.3 is 0 Å². The van der Waals surface area contributed by atoms with Crippen molar-refractivity contribution in [3.8, 4) is 12.1 Å². The summed E-state index contributed by atoms with van der Waals surface area (Å²) in [5.74, 6) is 0. The molecule has 0 atom stereocenters. The lowest BCUT2D eigenvalue weighted by molar-refractivity contribution is 0.461. The van der Waals surface area contributed by atoms with Gasteiger partial charge < -0.3 is 4.90 Å². The van der Waals surface area contributed by atoms with Crippen LogP contribution >= 0.6 is 0 Å². The molecule has 13 heavy (non-hydrogen) atoms. The predicted molar refractivity (Wildman–Crippen MR) is 51.4 cm³/mol. The van der Waals surface area contributed by atoms with Gasteiger partial charge in [-0.1, -0.05) is 13.8 Å². The Morgan fingerprint density at radius 3 is 2.23 bits per heavy atom. The highest BCUT2D eigenvalue weighted by Crippen LogP contribution is 2.23. The minimum absolute atomic E-state index is 0.232. The third-order valence-electron chi connectivity index (χ3n) is 1.66. The highest BCUT2D eigenvalue weighted by molar-refractivity contribution is 5.21. The van der Waals surface area contributed by atoms with Crippen molar-refractivity contribution < 1.29 is 0 Å². The van der Waals surface area contributed by atoms with Crippen LogP contribution < -0.4 is 0 Å². The van der Waals surface area contributed by atoms with Gasteiger partial charge in [0.1, 0.15) is 11.8 Å². The number of nitriles is 2. The van der Waals surface area contributed by atoms with Gasteiger partial charge in [-0.25, -0.2) is 0 Å². The fourth-order valence-corrected chi connectivity index (χ4v) is 0.886. The van der Waals surface area contributed by atoms with E-state index in [4.69, 9.17) is 10.5 Å². The molecule has 3 heteroatoms. The van der Waals surface area contributed by atoms with E-state index in [0.717, 1.165) is 0 Å². The molecule has 0 spiro atoms. The van der Waals surface area contributed by atoms with Crippen LogP contribution in [0.15, 0.2) is 11.8 Å². The summed E-state index contributed by atoms with van der Waals surface area (Å²) in [6.07, 6.45) is 2.25. The summed E-state index contributed by atoms with van der Waals surface area (Å²) in [7, 11) is 3.63. The molecule has 0 saturated carbocycles. The summed E-state index contributed by atoms with van der Waals surface area (Å²) >= 11 is 0. The lowest BCUT2D eigenvalue weighted by Gasteiger charge is -2.19. The van der Waals surface area contributed by atoms with Crippen LogP contribution in [-0.4, -0.2) is 19.0 Å². The monoisotopic (exact) mass is 177 g/mol. The molecule has 0 bridgehead atoms. The largest absolute Gasteiger partial charge is 0.369 e. The summed E-state index contributed by atoms with van der Waals surface area (Å²) < 4.78 is 0. The fraction of sp³-hybridized carbons (Fsp3) is 0.600. The van der Waals surface area contributed by atoms with Crippen molar-refractivity contribution in [1.82, 2.24) is 4.90 Å². The second-order valence-corrected chi connectivity index (χ2v) is 3.86. The Kier molecular flexibility index (Phi) is 4.01. The molecule has 0 aliphatic heterocycles. The number of hydrogen-bond acceptors (Lipinski definition) is 3. The van der Waals surface area contributed by atoms with Crippen molar-refractivity contribution in [2.24, 2.45) is 5.41 Å². The average molecular weight is 177 g/mol. The van der Waals surface area contributed by atoms with Gasteiger partial charge in [-0.3, -0.25) is 0 Å². The molecule has 0 aliphatic carbocycles. The third-order valence-corrected chi connectivity index (χ3v) is 1.66. The molecule has 0 heterocycles. The Morgan fingerprint density at radius 1 is 1.38 bits per heavy atom. The topological polar surface area (TPSA) is 50.8 Å². The molecule has 3 nitrogen and oxygen atoms in total. The molecule has 0 aromatic carbocycles. The number of nitrogens with zero attached hydrogens (tertiary/aromatic N) is 3.